The lowest BCUT2D eigenvalue weighted by molar-refractivity contribution is -0.614. The van der Waals surface area contributed by atoms with E-state index in [1.807, 2.05) is 17.8 Å². The largest absolute Gasteiger partial charge is 0.618 e. The molecule has 0 spiro atoms. The second-order valence-corrected chi connectivity index (χ2v) is 8.16. The van der Waals surface area contributed by atoms with Gasteiger partial charge in [0.2, 0.25) is 0 Å². The highest BCUT2D eigenvalue weighted by molar-refractivity contribution is 6.04. The maximum absolute atomic E-state index is 12.8. The molecular formula is C24H26N4O4. The van der Waals surface area contributed by atoms with Crippen molar-refractivity contribution in [3.05, 3.63) is 53.1 Å². The first kappa shape index (κ1) is 21.7. The Kier molecular flexibility index (Phi) is 5.76. The van der Waals surface area contributed by atoms with Crippen LogP contribution in [0.15, 0.2) is 36.5 Å². The molecule has 0 radical (unpaired) electrons. The van der Waals surface area contributed by atoms with Crippen molar-refractivity contribution in [1.29, 1.82) is 0 Å². The Morgan fingerprint density at radius 1 is 1.44 bits per heavy atom. The van der Waals surface area contributed by atoms with Gasteiger partial charge in [-0.15, -0.1) is 6.42 Å². The molecule has 8 heteroatoms. The van der Waals surface area contributed by atoms with E-state index < -0.39 is 11.5 Å². The van der Waals surface area contributed by atoms with Crippen molar-refractivity contribution >= 4 is 22.5 Å². The fourth-order valence-corrected chi connectivity index (χ4v) is 4.08. The number of terminal acetylenes is 1. The Morgan fingerprint density at radius 2 is 2.19 bits per heavy atom. The molecule has 0 saturated heterocycles. The Labute approximate surface area is 186 Å². The van der Waals surface area contributed by atoms with Gasteiger partial charge >= 0.3 is 5.91 Å². The molecule has 3 aromatic rings. The van der Waals surface area contributed by atoms with Gasteiger partial charge in [0.25, 0.3) is 5.69 Å². The first-order valence-electron chi connectivity index (χ1n) is 10.7. The summed E-state index contributed by atoms with van der Waals surface area (Å²) in [6.07, 6.45) is 9.89. The molecule has 166 valence electrons. The Bertz CT molecular complexity index is 1200. The molecule has 0 aliphatic heterocycles. The Hall–Kier alpha value is -3.57. The molecular weight excluding hydrogens is 408 g/mol. The predicted octanol–water partition coefficient (Wildman–Crippen LogP) is 3.11. The summed E-state index contributed by atoms with van der Waals surface area (Å²) in [5, 5.41) is 30.9. The lowest BCUT2D eigenvalue weighted by Crippen LogP contribution is -2.39. The maximum Gasteiger partial charge on any atom is 0.321 e. The van der Waals surface area contributed by atoms with Gasteiger partial charge in [-0.2, -0.15) is 9.83 Å². The molecule has 1 aliphatic carbocycles. The van der Waals surface area contributed by atoms with Crippen molar-refractivity contribution in [2.24, 2.45) is 0 Å². The van der Waals surface area contributed by atoms with E-state index >= 15 is 0 Å². The van der Waals surface area contributed by atoms with E-state index in [1.54, 1.807) is 31.2 Å². The minimum Gasteiger partial charge on any atom is -0.618 e. The molecule has 1 amide bonds. The first-order chi connectivity index (χ1) is 15.3. The van der Waals surface area contributed by atoms with Gasteiger partial charge in [-0.25, -0.2) is 0 Å². The molecule has 32 heavy (non-hydrogen) atoms. The third kappa shape index (κ3) is 4.12. The van der Waals surface area contributed by atoms with Gasteiger partial charge in [0.15, 0.2) is 5.69 Å². The first-order valence-corrected chi connectivity index (χ1v) is 10.7. The fourth-order valence-electron chi connectivity index (χ4n) is 4.08. The van der Waals surface area contributed by atoms with Gasteiger partial charge in [0.1, 0.15) is 11.4 Å². The zero-order valence-electron chi connectivity index (χ0n) is 18.2. The molecule has 0 bridgehead atoms. The molecule has 0 atom stereocenters. The van der Waals surface area contributed by atoms with Crippen molar-refractivity contribution in [2.45, 2.75) is 51.2 Å². The molecule has 2 heterocycles. The van der Waals surface area contributed by atoms with Crippen LogP contribution in [0.2, 0.25) is 0 Å². The number of pyridine rings is 1. The number of aromatic nitrogens is 3. The smallest absolute Gasteiger partial charge is 0.321 e. The topological polar surface area (TPSA) is 103 Å². The number of carbonyl (C=O) groups is 1. The summed E-state index contributed by atoms with van der Waals surface area (Å²) in [5.74, 6) is 2.46. The molecule has 2 aromatic heterocycles. The number of aliphatic hydroxyl groups is 1. The van der Waals surface area contributed by atoms with E-state index in [9.17, 15) is 15.1 Å². The van der Waals surface area contributed by atoms with Gasteiger partial charge < -0.3 is 20.4 Å². The Balaban J connectivity index is 1.63. The molecule has 2 N–H and O–H groups in total. The molecule has 1 saturated carbocycles. The monoisotopic (exact) mass is 434 g/mol. The van der Waals surface area contributed by atoms with Crippen LogP contribution in [0.4, 0.5) is 5.69 Å². The van der Waals surface area contributed by atoms with E-state index in [1.165, 1.54) is 6.07 Å². The number of nitrogens with one attached hydrogen (secondary N) is 1. The van der Waals surface area contributed by atoms with Crippen molar-refractivity contribution in [3.63, 3.8) is 0 Å². The second kappa shape index (κ2) is 8.52. The van der Waals surface area contributed by atoms with Crippen LogP contribution in [0, 0.1) is 24.5 Å². The number of ether oxygens (including phenoxy) is 1. The third-order valence-electron chi connectivity index (χ3n) is 5.96. The van der Waals surface area contributed by atoms with E-state index in [2.05, 4.69) is 11.2 Å². The van der Waals surface area contributed by atoms with Gasteiger partial charge in [-0.3, -0.25) is 9.48 Å². The summed E-state index contributed by atoms with van der Waals surface area (Å²) < 4.78 is 8.23. The highest BCUT2D eigenvalue weighted by Crippen LogP contribution is 2.36. The number of fused-ring (bicyclic) bond motifs is 1. The highest BCUT2D eigenvalue weighted by Gasteiger charge is 2.32. The molecule has 1 fully saturated rings. The minimum absolute atomic E-state index is 0.00597. The quantitative estimate of drug-likeness (QED) is 0.365. The summed E-state index contributed by atoms with van der Waals surface area (Å²) in [4.78, 5) is 12.8. The van der Waals surface area contributed by atoms with Crippen LogP contribution in [0.3, 0.4) is 0 Å². The van der Waals surface area contributed by atoms with Gasteiger partial charge in [0.05, 0.1) is 23.9 Å². The highest BCUT2D eigenvalue weighted by atomic mass is 16.5. The van der Waals surface area contributed by atoms with Gasteiger partial charge in [-0.05, 0) is 44.7 Å². The van der Waals surface area contributed by atoms with Crippen molar-refractivity contribution in [1.82, 2.24) is 9.78 Å². The van der Waals surface area contributed by atoms with Crippen LogP contribution in [0.5, 0.6) is 5.75 Å². The average Bonchev–Trinajstić information content (AvgIpc) is 3.19. The van der Waals surface area contributed by atoms with Crippen LogP contribution in [0.25, 0.3) is 10.9 Å². The minimum atomic E-state index is -1.03. The van der Waals surface area contributed by atoms with Crippen LogP contribution >= 0.6 is 0 Å². The van der Waals surface area contributed by atoms with Crippen LogP contribution in [-0.2, 0) is 0 Å². The van der Waals surface area contributed by atoms with Crippen LogP contribution < -0.4 is 14.8 Å². The number of nitrogens with zero attached hydrogens (tertiary/aromatic N) is 3. The Morgan fingerprint density at radius 3 is 2.88 bits per heavy atom. The van der Waals surface area contributed by atoms with Crippen molar-refractivity contribution < 1.29 is 19.4 Å². The van der Waals surface area contributed by atoms with E-state index in [0.717, 1.165) is 23.7 Å². The molecule has 0 unspecified atom stereocenters. The lowest BCUT2D eigenvalue weighted by Gasteiger charge is -2.32. The number of aryl methyl sites for hydroxylation is 1. The zero-order chi connectivity index (χ0) is 22.9. The van der Waals surface area contributed by atoms with Gasteiger partial charge in [0, 0.05) is 36.7 Å². The number of rotatable bonds is 5. The lowest BCUT2D eigenvalue weighted by atomic mass is 9.83. The van der Waals surface area contributed by atoms with Crippen molar-refractivity contribution in [2.75, 3.05) is 11.9 Å². The second-order valence-electron chi connectivity index (χ2n) is 8.16. The number of benzene rings is 1. The standard InChI is InChI=1S/C24H26N4O4/c1-4-24(30)11-9-18(10-12-24)27-15-17-13-20(22(32-5-2)14-19(17)26-27)25-23(29)21-8-6-7-16(3)28(21)31/h1,6-8,13-15,18,30H,5,9-12H2,2-3H3,(H,25,29). The summed E-state index contributed by atoms with van der Waals surface area (Å²) in [6, 6.07) is 8.51. The predicted molar refractivity (Wildman–Crippen MR) is 120 cm³/mol. The molecule has 1 aromatic carbocycles. The number of amides is 1. The number of anilines is 1. The van der Waals surface area contributed by atoms with Crippen LogP contribution in [0.1, 0.15) is 54.8 Å². The van der Waals surface area contributed by atoms with E-state index in [4.69, 9.17) is 16.3 Å². The number of hydrogen-bond donors (Lipinski definition) is 2. The third-order valence-corrected chi connectivity index (χ3v) is 5.96. The maximum atomic E-state index is 12.8. The summed E-state index contributed by atoms with van der Waals surface area (Å²) in [5.41, 5.74) is 0.612. The number of hydrogen-bond acceptors (Lipinski definition) is 5. The summed E-state index contributed by atoms with van der Waals surface area (Å²) >= 11 is 0. The normalized spacial score (nSPS) is 20.6. The SMILES string of the molecule is C#CC1(O)CCC(n2cc3cc(NC(=O)c4cccc(C)[n+]4[O-])c(OCC)cc3n2)CC1. The summed E-state index contributed by atoms with van der Waals surface area (Å²) in [7, 11) is 0. The summed E-state index contributed by atoms with van der Waals surface area (Å²) in [6.45, 7) is 3.91. The van der Waals surface area contributed by atoms with E-state index in [-0.39, 0.29) is 11.7 Å². The fraction of sp³-hybridized carbons (Fsp3) is 0.375. The van der Waals surface area contributed by atoms with Crippen molar-refractivity contribution in [3.8, 4) is 18.1 Å². The molecule has 4 rings (SSSR count). The average molecular weight is 434 g/mol. The van der Waals surface area contributed by atoms with E-state index in [0.29, 0.717) is 41.3 Å². The molecule has 8 nitrogen and oxygen atoms in total. The molecule has 1 aliphatic rings. The van der Waals surface area contributed by atoms with Crippen LogP contribution in [-0.4, -0.2) is 33.0 Å². The number of carbonyl (C=O) groups excluding carboxylic acids is 1. The zero-order valence-corrected chi connectivity index (χ0v) is 18.2. The van der Waals surface area contributed by atoms with Gasteiger partial charge in [-0.1, -0.05) is 5.92 Å².